The minimum absolute atomic E-state index is 1.13. The normalized spacial score (nSPS) is 19.4. The van der Waals surface area contributed by atoms with Gasteiger partial charge in [-0.3, -0.25) is 0 Å². The van der Waals surface area contributed by atoms with Gasteiger partial charge in [0.2, 0.25) is 0 Å². The molecular formula is C30H34N2S2Si4. The average Bonchev–Trinajstić information content (AvgIpc) is 3.44. The first-order chi connectivity index (χ1) is 17.8. The summed E-state index contributed by atoms with van der Waals surface area (Å²) in [6, 6.07) is 19.9. The largest absolute Gasteiger partial charge is 0.245 e. The lowest BCUT2D eigenvalue weighted by molar-refractivity contribution is 1.46. The molecule has 192 valence electrons. The Balaban J connectivity index is 1.63. The molecule has 8 heteroatoms. The maximum absolute atomic E-state index is 5.07. The van der Waals surface area contributed by atoms with Crippen molar-refractivity contribution in [1.29, 1.82) is 0 Å². The highest BCUT2D eigenvalue weighted by molar-refractivity contribution is 7.50. The summed E-state index contributed by atoms with van der Waals surface area (Å²) in [5.41, 5.74) is 0. The summed E-state index contributed by atoms with van der Waals surface area (Å²) in [5, 5.41) is 11.7. The quantitative estimate of drug-likeness (QED) is 0.181. The highest BCUT2D eigenvalue weighted by Gasteiger charge is 2.46. The molecule has 0 radical (unpaired) electrons. The fourth-order valence-electron chi connectivity index (χ4n) is 6.23. The molecule has 2 aromatic carbocycles. The van der Waals surface area contributed by atoms with E-state index in [4.69, 9.17) is 9.97 Å². The van der Waals surface area contributed by atoms with E-state index in [0.29, 0.717) is 0 Å². The van der Waals surface area contributed by atoms with Crippen molar-refractivity contribution < 1.29 is 0 Å². The third-order valence-corrected chi connectivity index (χ3v) is 48.3. The second kappa shape index (κ2) is 7.83. The fourth-order valence-corrected chi connectivity index (χ4v) is 25.3. The Bertz CT molecular complexity index is 1670. The van der Waals surface area contributed by atoms with Gasteiger partial charge in [0.1, 0.15) is 9.66 Å². The van der Waals surface area contributed by atoms with E-state index in [9.17, 15) is 0 Å². The van der Waals surface area contributed by atoms with Gasteiger partial charge in [-0.2, -0.15) is 0 Å². The van der Waals surface area contributed by atoms with Crippen LogP contribution >= 0.6 is 22.7 Å². The molecular weight excluding hydrogens is 565 g/mol. The molecule has 1 aliphatic rings. The van der Waals surface area contributed by atoms with Gasteiger partial charge in [-0.1, -0.05) is 110 Å². The van der Waals surface area contributed by atoms with Gasteiger partial charge in [0.15, 0.2) is 0 Å². The zero-order valence-corrected chi connectivity index (χ0v) is 29.1. The zero-order chi connectivity index (χ0) is 26.8. The van der Waals surface area contributed by atoms with E-state index in [1.54, 1.807) is 21.7 Å². The molecule has 0 atom stereocenters. The number of hydrogen-bond donors (Lipinski definition) is 0. The van der Waals surface area contributed by atoms with E-state index < -0.39 is 30.4 Å². The average molecular weight is 599 g/mol. The van der Waals surface area contributed by atoms with E-state index in [2.05, 4.69) is 113 Å². The van der Waals surface area contributed by atoms with Crippen molar-refractivity contribution in [3.8, 4) is 0 Å². The minimum atomic E-state index is -1.84. The number of aromatic nitrogens is 2. The Labute approximate surface area is 236 Å². The molecule has 0 saturated heterocycles. The first kappa shape index (κ1) is 25.0. The van der Waals surface area contributed by atoms with Crippen LogP contribution in [-0.4, -0.2) is 40.3 Å². The number of nitrogens with zero attached hydrogens (tertiary/aromatic N) is 2. The topological polar surface area (TPSA) is 25.8 Å². The van der Waals surface area contributed by atoms with Gasteiger partial charge in [-0.25, -0.2) is 9.97 Å². The van der Waals surface area contributed by atoms with E-state index in [1.807, 2.05) is 11.3 Å². The molecule has 6 aromatic rings. The molecule has 0 N–H and O–H groups in total. The van der Waals surface area contributed by atoms with E-state index in [-0.39, 0.29) is 0 Å². The summed E-state index contributed by atoms with van der Waals surface area (Å²) in [5.74, 6) is 0. The van der Waals surface area contributed by atoms with Crippen molar-refractivity contribution in [3.05, 3.63) is 60.9 Å². The Kier molecular flexibility index (Phi) is 5.16. The van der Waals surface area contributed by atoms with Crippen LogP contribution in [0.15, 0.2) is 60.9 Å². The van der Waals surface area contributed by atoms with Crippen molar-refractivity contribution in [2.75, 3.05) is 0 Å². The number of fused-ring (bicyclic) bond motifs is 4. The Morgan fingerprint density at radius 3 is 1.24 bits per heavy atom. The van der Waals surface area contributed by atoms with Gasteiger partial charge >= 0.3 is 0 Å². The van der Waals surface area contributed by atoms with Gasteiger partial charge < -0.3 is 0 Å². The molecule has 0 aliphatic carbocycles. The second-order valence-electron chi connectivity index (χ2n) is 13.3. The van der Waals surface area contributed by atoms with E-state index >= 15 is 0 Å². The van der Waals surface area contributed by atoms with Crippen molar-refractivity contribution in [3.63, 3.8) is 0 Å². The molecule has 0 saturated carbocycles. The number of pyridine rings is 2. The van der Waals surface area contributed by atoms with Crippen LogP contribution in [0, 0.1) is 0 Å². The van der Waals surface area contributed by atoms with Crippen LogP contribution in [0.1, 0.15) is 0 Å². The molecule has 0 spiro atoms. The van der Waals surface area contributed by atoms with Gasteiger partial charge in [-0.15, -0.1) is 11.3 Å². The lowest BCUT2D eigenvalue weighted by atomic mass is 10.1. The van der Waals surface area contributed by atoms with E-state index in [1.165, 1.54) is 41.3 Å². The molecule has 0 fully saturated rings. The van der Waals surface area contributed by atoms with Crippen molar-refractivity contribution >= 4 is 114 Å². The number of benzene rings is 2. The van der Waals surface area contributed by atoms with Crippen LogP contribution in [0.4, 0.5) is 0 Å². The lowest BCUT2D eigenvalue weighted by Crippen LogP contribution is -2.69. The molecule has 2 nitrogen and oxygen atoms in total. The fraction of sp³-hybridized carbons (Fsp3) is 0.267. The van der Waals surface area contributed by atoms with Crippen LogP contribution in [0.25, 0.3) is 40.6 Å². The van der Waals surface area contributed by atoms with Crippen molar-refractivity contribution in [2.24, 2.45) is 0 Å². The summed E-state index contributed by atoms with van der Waals surface area (Å²) < 4.78 is 2.84. The highest BCUT2D eigenvalue weighted by atomic mass is 32.1. The second-order valence-corrected chi connectivity index (χ2v) is 45.7. The standard InChI is InChI=1S/C30H34N2S2Si4/c1-35(2)19-9-11-27-23(13-19)24-14-20(10-12-28(24)33-27)36(3,4)38(7,8)22-16-26-25-15-21(37(35,5)6)17-31-29(25)34-30(26)32-18-22/h9-18H,1-8H3. The number of thiophene rings is 2. The lowest BCUT2D eigenvalue weighted by Gasteiger charge is -2.39. The smallest absolute Gasteiger partial charge is 0.125 e. The SMILES string of the molecule is C[Si]1(C)c2ccc3sc4ccc(cc4c3c2)[Si](C)(C)[Si](C)(C)c2cnc3sc4ncc(cc4c3c2)[Si]1(C)C. The number of hydrogen-bond acceptors (Lipinski definition) is 4. The first-order valence-electron chi connectivity index (χ1n) is 13.5. The molecule has 0 amide bonds. The molecule has 7 rings (SSSR count). The van der Waals surface area contributed by atoms with Crippen LogP contribution in [0.5, 0.6) is 0 Å². The van der Waals surface area contributed by atoms with Crippen LogP contribution in [-0.2, 0) is 0 Å². The summed E-state index contributed by atoms with van der Waals surface area (Å²) in [6.45, 7) is 20.7. The molecule has 4 aromatic heterocycles. The third kappa shape index (κ3) is 3.19. The van der Waals surface area contributed by atoms with E-state index in [0.717, 1.165) is 9.66 Å². The van der Waals surface area contributed by atoms with Gasteiger partial charge in [-0.05, 0) is 22.5 Å². The highest BCUT2D eigenvalue weighted by Crippen LogP contribution is 2.36. The monoisotopic (exact) mass is 598 g/mol. The van der Waals surface area contributed by atoms with Gasteiger partial charge in [0, 0.05) is 43.3 Å². The third-order valence-electron chi connectivity index (χ3n) is 10.7. The predicted octanol–water partition coefficient (Wildman–Crippen LogP) is 6.74. The van der Waals surface area contributed by atoms with Crippen LogP contribution in [0.3, 0.4) is 0 Å². The summed E-state index contributed by atoms with van der Waals surface area (Å²) in [4.78, 5) is 12.4. The predicted molar refractivity (Wildman–Crippen MR) is 183 cm³/mol. The van der Waals surface area contributed by atoms with Crippen LogP contribution in [0.2, 0.25) is 52.4 Å². The van der Waals surface area contributed by atoms with Crippen molar-refractivity contribution in [2.45, 2.75) is 52.4 Å². The van der Waals surface area contributed by atoms with Crippen LogP contribution < -0.4 is 20.7 Å². The molecule has 8 bridgehead atoms. The minimum Gasteiger partial charge on any atom is -0.245 e. The number of rotatable bonds is 0. The van der Waals surface area contributed by atoms with Gasteiger partial charge in [0.05, 0.1) is 30.4 Å². The van der Waals surface area contributed by atoms with Gasteiger partial charge in [0.25, 0.3) is 0 Å². The Morgan fingerprint density at radius 2 is 0.816 bits per heavy atom. The van der Waals surface area contributed by atoms with Crippen molar-refractivity contribution in [1.82, 2.24) is 9.97 Å². The zero-order valence-electron chi connectivity index (χ0n) is 23.5. The molecule has 0 unspecified atom stereocenters. The molecule has 38 heavy (non-hydrogen) atoms. The summed E-state index contributed by atoms with van der Waals surface area (Å²) in [6.07, 6.45) is 4.42. The summed E-state index contributed by atoms with van der Waals surface area (Å²) >= 11 is 3.71. The maximum Gasteiger partial charge on any atom is 0.125 e. The summed E-state index contributed by atoms with van der Waals surface area (Å²) in [7, 11) is -7.32. The molecule has 1 aliphatic heterocycles. The first-order valence-corrected chi connectivity index (χ1v) is 29.1. The molecule has 5 heterocycles. The maximum atomic E-state index is 5.07. The Hall–Kier alpha value is -1.95. The Morgan fingerprint density at radius 1 is 0.447 bits per heavy atom.